The molecule has 0 bridgehead atoms. The molecular formula is C36H44Cl2N5O2+. The fraction of sp³-hybridized carbons (Fsp3) is 0.472. The van der Waals surface area contributed by atoms with Gasteiger partial charge < -0.3 is 15.1 Å². The molecule has 0 radical (unpaired) electrons. The highest BCUT2D eigenvalue weighted by Gasteiger charge is 2.50. The van der Waals surface area contributed by atoms with Crippen molar-refractivity contribution < 1.29 is 14.1 Å². The summed E-state index contributed by atoms with van der Waals surface area (Å²) in [6.07, 6.45) is 5.50. The number of nitrogens with one attached hydrogen (secondary N) is 1. The molecule has 45 heavy (non-hydrogen) atoms. The lowest BCUT2D eigenvalue weighted by atomic mass is 9.87. The van der Waals surface area contributed by atoms with Gasteiger partial charge in [-0.15, -0.1) is 0 Å². The minimum atomic E-state index is -0.171. The maximum atomic E-state index is 15.1. The molecule has 0 aliphatic carbocycles. The molecule has 0 saturated carbocycles. The van der Waals surface area contributed by atoms with Gasteiger partial charge in [0.25, 0.3) is 0 Å². The Kier molecular flexibility index (Phi) is 9.93. The maximum absolute atomic E-state index is 15.1. The second-order valence-corrected chi connectivity index (χ2v) is 14.1. The van der Waals surface area contributed by atoms with E-state index in [1.807, 2.05) is 72.6 Å². The van der Waals surface area contributed by atoms with Crippen molar-refractivity contribution in [3.63, 3.8) is 0 Å². The normalized spacial score (nSPS) is 23.5. The van der Waals surface area contributed by atoms with Crippen molar-refractivity contribution in [1.82, 2.24) is 20.1 Å². The molecule has 238 valence electrons. The third-order valence-electron chi connectivity index (χ3n) is 10.4. The summed E-state index contributed by atoms with van der Waals surface area (Å²) in [6.45, 7) is 5.08. The summed E-state index contributed by atoms with van der Waals surface area (Å²) < 4.78 is 0.323. The minimum Gasteiger partial charge on any atom is -0.342 e. The van der Waals surface area contributed by atoms with E-state index >= 15 is 4.79 Å². The zero-order chi connectivity index (χ0) is 31.6. The summed E-state index contributed by atoms with van der Waals surface area (Å²) in [5.74, 6) is 0.122. The number of piperidine rings is 3. The molecular weight excluding hydrogens is 605 g/mol. The summed E-state index contributed by atoms with van der Waals surface area (Å²) in [5, 5.41) is 4.78. The monoisotopic (exact) mass is 648 g/mol. The van der Waals surface area contributed by atoms with Crippen LogP contribution in [0.2, 0.25) is 10.0 Å². The van der Waals surface area contributed by atoms with Gasteiger partial charge in [-0.25, -0.2) is 9.78 Å². The molecule has 1 N–H and O–H groups in total. The van der Waals surface area contributed by atoms with Gasteiger partial charge in [-0.1, -0.05) is 47.5 Å². The lowest BCUT2D eigenvalue weighted by molar-refractivity contribution is -0.883. The number of pyridine rings is 1. The highest BCUT2D eigenvalue weighted by Crippen LogP contribution is 2.36. The number of likely N-dealkylation sites (tertiary alicyclic amines) is 2. The van der Waals surface area contributed by atoms with Crippen LogP contribution in [-0.4, -0.2) is 96.5 Å². The Hall–Kier alpha value is -2.81. The first-order valence-electron chi connectivity index (χ1n) is 16.3. The number of carbonyl (C=O) groups excluding carboxylic acids is 2. The van der Waals surface area contributed by atoms with Crippen LogP contribution in [0, 0.1) is 5.92 Å². The number of hydrogen-bond acceptors (Lipinski definition) is 5. The van der Waals surface area contributed by atoms with Gasteiger partial charge in [-0.3, -0.25) is 9.28 Å². The highest BCUT2D eigenvalue weighted by atomic mass is 35.5. The lowest BCUT2D eigenvalue weighted by Crippen LogP contribution is -2.66. The molecule has 3 fully saturated rings. The van der Waals surface area contributed by atoms with Crippen LogP contribution in [0.1, 0.15) is 48.9 Å². The molecule has 4 heterocycles. The van der Waals surface area contributed by atoms with E-state index < -0.39 is 0 Å². The van der Waals surface area contributed by atoms with E-state index in [4.69, 9.17) is 28.2 Å². The zero-order valence-corrected chi connectivity index (χ0v) is 27.9. The molecule has 3 aliphatic heterocycles. The average Bonchev–Trinajstić information content (AvgIpc) is 3.08. The van der Waals surface area contributed by atoms with E-state index in [0.717, 1.165) is 93.8 Å². The molecule has 1 unspecified atom stereocenters. The van der Waals surface area contributed by atoms with Crippen LogP contribution in [0.25, 0.3) is 22.5 Å². The number of benzene rings is 2. The molecule has 3 saturated heterocycles. The number of amides is 2. The summed E-state index contributed by atoms with van der Waals surface area (Å²) >= 11 is 12.4. The summed E-state index contributed by atoms with van der Waals surface area (Å²) in [6, 6.07) is 19.4. The van der Waals surface area contributed by atoms with Crippen molar-refractivity contribution in [2.75, 3.05) is 53.4 Å². The van der Waals surface area contributed by atoms with Crippen molar-refractivity contribution in [2.45, 2.75) is 50.6 Å². The summed E-state index contributed by atoms with van der Waals surface area (Å²) in [4.78, 5) is 38.6. The number of rotatable bonds is 6. The minimum absolute atomic E-state index is 0.0918. The van der Waals surface area contributed by atoms with Crippen molar-refractivity contribution >= 4 is 35.0 Å². The number of carbonyl (C=O) groups is 2. The van der Waals surface area contributed by atoms with Crippen LogP contribution >= 0.6 is 23.2 Å². The van der Waals surface area contributed by atoms with Crippen LogP contribution in [-0.2, 0) is 4.79 Å². The fourth-order valence-corrected chi connectivity index (χ4v) is 7.93. The van der Waals surface area contributed by atoms with E-state index in [1.165, 1.54) is 0 Å². The van der Waals surface area contributed by atoms with Gasteiger partial charge in [0.1, 0.15) is 0 Å². The van der Waals surface area contributed by atoms with Crippen LogP contribution in [0.15, 0.2) is 60.7 Å². The number of aromatic nitrogens is 1. The molecule has 6 rings (SSSR count). The molecule has 1 aromatic heterocycles. The molecule has 3 aliphatic rings. The molecule has 0 spiro atoms. The van der Waals surface area contributed by atoms with Crippen LogP contribution in [0.4, 0.5) is 0 Å². The summed E-state index contributed by atoms with van der Waals surface area (Å²) in [7, 11) is 4.12. The molecule has 2 amide bonds. The number of halogens is 2. The van der Waals surface area contributed by atoms with Gasteiger partial charge in [0.15, 0.2) is 0 Å². The smallest absolute Gasteiger partial charge is 0.342 e. The Bertz CT molecular complexity index is 1440. The molecule has 7 nitrogen and oxygen atoms in total. The van der Waals surface area contributed by atoms with Gasteiger partial charge in [-0.2, -0.15) is 0 Å². The maximum Gasteiger partial charge on any atom is 0.346 e. The predicted molar refractivity (Wildman–Crippen MR) is 181 cm³/mol. The third-order valence-corrected chi connectivity index (χ3v) is 10.9. The van der Waals surface area contributed by atoms with Crippen LogP contribution in [0.3, 0.4) is 0 Å². The van der Waals surface area contributed by atoms with Gasteiger partial charge in [0.05, 0.1) is 42.0 Å². The Morgan fingerprint density at radius 2 is 1.42 bits per heavy atom. The Morgan fingerprint density at radius 3 is 1.98 bits per heavy atom. The first-order valence-corrected chi connectivity index (χ1v) is 17.1. The SMILES string of the molecule is CN1CCC(N(C)C(=O)C2CCC[N@+](C(=O)c3cc(-c4ccc(Cl)cc4)nc(-c4ccc(Cl)cc4)c3)(C3CCNCC3)C2)CC1. The second kappa shape index (κ2) is 13.9. The first-order chi connectivity index (χ1) is 21.7. The number of nitrogens with zero attached hydrogens (tertiary/aromatic N) is 4. The van der Waals surface area contributed by atoms with Gasteiger partial charge in [0, 0.05) is 60.2 Å². The van der Waals surface area contributed by atoms with Gasteiger partial charge >= 0.3 is 5.91 Å². The molecule has 9 heteroatoms. The zero-order valence-electron chi connectivity index (χ0n) is 26.4. The third kappa shape index (κ3) is 6.98. The van der Waals surface area contributed by atoms with E-state index in [9.17, 15) is 4.79 Å². The van der Waals surface area contributed by atoms with Crippen LogP contribution < -0.4 is 5.32 Å². The Balaban J connectivity index is 1.38. The Labute approximate surface area is 277 Å². The predicted octanol–water partition coefficient (Wildman–Crippen LogP) is 6.39. The van der Waals surface area contributed by atoms with E-state index in [0.29, 0.717) is 26.6 Å². The average molecular weight is 650 g/mol. The Morgan fingerprint density at radius 1 is 0.867 bits per heavy atom. The largest absolute Gasteiger partial charge is 0.346 e. The van der Waals surface area contributed by atoms with E-state index in [2.05, 4.69) is 17.3 Å². The molecule has 3 aromatic rings. The fourth-order valence-electron chi connectivity index (χ4n) is 7.68. The lowest BCUT2D eigenvalue weighted by Gasteiger charge is -2.49. The standard InChI is InChI=1S/C36H44Cl2N5O2/c1-41-19-15-31(16-20-41)42(2)35(44)27-4-3-21-43(24-27,32-13-17-39-18-14-32)36(45)28-22-33(25-5-9-29(37)10-6-25)40-34(23-28)26-7-11-30(38)12-8-26/h5-12,22-23,27,31-32,39H,3-4,13-21,24H2,1-2H3/q+1/t27?,43-/m1/s1. The van der Waals surface area contributed by atoms with Crippen LogP contribution in [0.5, 0.6) is 0 Å². The second-order valence-electron chi connectivity index (χ2n) is 13.2. The molecule has 2 atom stereocenters. The van der Waals surface area contributed by atoms with Crippen molar-refractivity contribution in [3.05, 3.63) is 76.3 Å². The number of hydrogen-bond donors (Lipinski definition) is 1. The number of quaternary nitrogens is 1. The summed E-state index contributed by atoms with van der Waals surface area (Å²) in [5.41, 5.74) is 3.86. The van der Waals surface area contributed by atoms with Crippen molar-refractivity contribution in [1.29, 1.82) is 0 Å². The van der Waals surface area contributed by atoms with E-state index in [-0.39, 0.29) is 29.8 Å². The molecule has 2 aromatic carbocycles. The van der Waals surface area contributed by atoms with Crippen molar-refractivity contribution in [3.8, 4) is 22.5 Å². The van der Waals surface area contributed by atoms with Gasteiger partial charge in [-0.05, 0) is 82.2 Å². The highest BCUT2D eigenvalue weighted by molar-refractivity contribution is 6.30. The van der Waals surface area contributed by atoms with Gasteiger partial charge in [0.2, 0.25) is 5.91 Å². The first kappa shape index (κ1) is 32.1. The van der Waals surface area contributed by atoms with Crippen molar-refractivity contribution in [2.24, 2.45) is 5.92 Å². The van der Waals surface area contributed by atoms with E-state index in [1.54, 1.807) is 0 Å². The topological polar surface area (TPSA) is 65.5 Å². The quantitative estimate of drug-likeness (QED) is 0.314.